The maximum absolute atomic E-state index is 11.6. The van der Waals surface area contributed by atoms with Gasteiger partial charge in [-0.25, -0.2) is 20.3 Å². The summed E-state index contributed by atoms with van der Waals surface area (Å²) in [4.78, 5) is 4.04. The number of aromatic nitrogens is 7. The number of hydrogen-bond donors (Lipinski definition) is 4. The first-order valence-corrected chi connectivity index (χ1v) is 14.9. The van der Waals surface area contributed by atoms with E-state index in [1.54, 1.807) is 35.1 Å². The molecule has 2 saturated heterocycles. The highest BCUT2D eigenvalue weighted by Gasteiger charge is 2.49. The van der Waals surface area contributed by atoms with E-state index < -0.39 is 46.5 Å². The van der Waals surface area contributed by atoms with E-state index in [1.165, 1.54) is 0 Å². The molecule has 1 aromatic carbocycles. The first-order valence-electron chi connectivity index (χ1n) is 13.2. The molecule has 40 heavy (non-hydrogen) atoms. The molecule has 212 valence electrons. The molecule has 0 spiro atoms. The molecule has 12 nitrogen and oxygen atoms in total. The zero-order valence-electron chi connectivity index (χ0n) is 22.0. The summed E-state index contributed by atoms with van der Waals surface area (Å²) < 4.78 is 15.2. The molecule has 13 heteroatoms. The molecule has 0 amide bonds. The van der Waals surface area contributed by atoms with Gasteiger partial charge in [-0.1, -0.05) is 40.8 Å². The Hall–Kier alpha value is -3.20. The van der Waals surface area contributed by atoms with Gasteiger partial charge in [0.15, 0.2) is 0 Å². The van der Waals surface area contributed by atoms with Crippen molar-refractivity contribution in [3.63, 3.8) is 0 Å². The first kappa shape index (κ1) is 27.0. The number of benzene rings is 1. The van der Waals surface area contributed by atoms with Crippen LogP contribution in [0.15, 0.2) is 67.3 Å². The van der Waals surface area contributed by atoms with Crippen LogP contribution in [-0.2, 0) is 9.47 Å². The summed E-state index contributed by atoms with van der Waals surface area (Å²) >= 11 is 0. The van der Waals surface area contributed by atoms with Crippen LogP contribution in [0.2, 0.25) is 0 Å². The van der Waals surface area contributed by atoms with E-state index in [9.17, 15) is 15.3 Å². The average Bonchev–Trinajstić information content (AvgIpc) is 3.69. The summed E-state index contributed by atoms with van der Waals surface area (Å²) in [6.45, 7) is 0.377. The summed E-state index contributed by atoms with van der Waals surface area (Å²) in [7, 11) is 0.490. The third-order valence-electron chi connectivity index (χ3n) is 7.93. The summed E-state index contributed by atoms with van der Waals surface area (Å²) in [6.07, 6.45) is 4.80. The predicted molar refractivity (Wildman–Crippen MR) is 149 cm³/mol. The zero-order valence-corrected chi connectivity index (χ0v) is 22.9. The highest BCUT2D eigenvalue weighted by molar-refractivity contribution is 8.18. The third-order valence-corrected chi connectivity index (χ3v) is 11.3. The van der Waals surface area contributed by atoms with Gasteiger partial charge in [0.05, 0.1) is 50.5 Å². The predicted octanol–water partition coefficient (Wildman–Crippen LogP) is 0.892. The minimum absolute atomic E-state index is 0.235. The van der Waals surface area contributed by atoms with Crippen LogP contribution in [0.5, 0.6) is 0 Å². The van der Waals surface area contributed by atoms with E-state index in [1.807, 2.05) is 48.7 Å². The van der Waals surface area contributed by atoms with E-state index in [0.717, 1.165) is 11.1 Å². The lowest BCUT2D eigenvalue weighted by atomic mass is 10.0. The molecule has 5 heterocycles. The molecule has 1 unspecified atom stereocenters. The van der Waals surface area contributed by atoms with Crippen LogP contribution in [-0.4, -0.2) is 112 Å². The number of aliphatic hydroxyl groups is 3. The monoisotopic (exact) mass is 567 g/mol. The Kier molecular flexibility index (Phi) is 7.91. The number of aliphatic hydroxyl groups excluding tert-OH is 3. The number of pyridine rings is 1. The van der Waals surface area contributed by atoms with E-state index >= 15 is 0 Å². The fraction of sp³-hybridized carbons (Fsp3) is 0.444. The second kappa shape index (κ2) is 11.7. The molecule has 3 N–H and O–H groups in total. The van der Waals surface area contributed by atoms with Crippen molar-refractivity contribution >= 4 is 10.9 Å². The Balaban J connectivity index is 1.23. The van der Waals surface area contributed by atoms with E-state index in [0.29, 0.717) is 23.7 Å². The van der Waals surface area contributed by atoms with Crippen LogP contribution < -0.4 is 0 Å². The fourth-order valence-corrected chi connectivity index (χ4v) is 9.26. The summed E-state index contributed by atoms with van der Waals surface area (Å²) in [5.41, 5.74) is 3.16. The molecule has 6 rings (SSSR count). The maximum Gasteiger partial charge on any atom is 0.113 e. The van der Waals surface area contributed by atoms with Crippen LogP contribution >= 0.6 is 10.9 Å². The van der Waals surface area contributed by atoms with Crippen LogP contribution in [0, 0.1) is 0 Å². The van der Waals surface area contributed by atoms with Gasteiger partial charge in [0, 0.05) is 46.9 Å². The van der Waals surface area contributed by atoms with Gasteiger partial charge in [-0.3, -0.25) is 4.98 Å². The number of ether oxygens (including phenoxy) is 2. The molecule has 2 fully saturated rings. The minimum Gasteiger partial charge on any atom is -0.395 e. The van der Waals surface area contributed by atoms with Crippen molar-refractivity contribution in [2.24, 2.45) is 0 Å². The molecule has 0 radical (unpaired) electrons. The van der Waals surface area contributed by atoms with E-state index in [2.05, 4.69) is 25.6 Å². The highest BCUT2D eigenvalue weighted by atomic mass is 32.2. The number of hydrogen-bond acceptors (Lipinski definition) is 10. The molecule has 3 aromatic heterocycles. The minimum atomic E-state index is -1.12. The van der Waals surface area contributed by atoms with E-state index in [4.69, 9.17) is 9.47 Å². The second-order valence-electron chi connectivity index (χ2n) is 10.1. The molecule has 8 atom stereocenters. The van der Waals surface area contributed by atoms with Crippen molar-refractivity contribution in [1.82, 2.24) is 35.0 Å². The normalized spacial score (nSPS) is 31.7. The van der Waals surface area contributed by atoms with Crippen molar-refractivity contribution in [2.45, 2.75) is 40.9 Å². The fourth-order valence-electron chi connectivity index (χ4n) is 5.78. The lowest BCUT2D eigenvalue weighted by molar-refractivity contribution is -0.0339. The van der Waals surface area contributed by atoms with Gasteiger partial charge in [0.1, 0.15) is 23.5 Å². The molecule has 2 aliphatic heterocycles. The first-order chi connectivity index (χ1) is 19.6. The summed E-state index contributed by atoms with van der Waals surface area (Å²) in [5.74, 6) is 0.549. The SMILES string of the molecule is CO[C@H]1C[SH]([C@@H]2COC[C@H](n3cc(-c4ccccc4)nn3)[C@H]2O)[C@H](CO)[C@H](O)[C@@H]1n1cc(-c2ccncc2)nn1. The Bertz CT molecular complexity index is 1390. The Morgan fingerprint density at radius 3 is 2.30 bits per heavy atom. The lowest BCUT2D eigenvalue weighted by Gasteiger charge is -2.51. The van der Waals surface area contributed by atoms with Crippen LogP contribution in [0.4, 0.5) is 0 Å². The number of thiol groups is 1. The van der Waals surface area contributed by atoms with Gasteiger partial charge in [-0.05, 0) is 12.1 Å². The van der Waals surface area contributed by atoms with E-state index in [-0.39, 0.29) is 18.5 Å². The van der Waals surface area contributed by atoms with Crippen molar-refractivity contribution in [3.05, 3.63) is 67.3 Å². The molecular formula is C27H33N7O5S. The van der Waals surface area contributed by atoms with Crippen molar-refractivity contribution < 1.29 is 24.8 Å². The van der Waals surface area contributed by atoms with Gasteiger partial charge in [-0.2, -0.15) is 0 Å². The van der Waals surface area contributed by atoms with Crippen LogP contribution in [0.3, 0.4) is 0 Å². The Labute approximate surface area is 233 Å². The topological polar surface area (TPSA) is 153 Å². The zero-order chi connectivity index (χ0) is 27.6. The molecule has 2 aliphatic rings. The average molecular weight is 568 g/mol. The van der Waals surface area contributed by atoms with Gasteiger partial charge in [-0.15, -0.1) is 10.2 Å². The van der Waals surface area contributed by atoms with Gasteiger partial charge < -0.3 is 24.8 Å². The maximum atomic E-state index is 11.6. The van der Waals surface area contributed by atoms with Gasteiger partial charge >= 0.3 is 0 Å². The van der Waals surface area contributed by atoms with Crippen molar-refractivity contribution in [3.8, 4) is 22.5 Å². The highest BCUT2D eigenvalue weighted by Crippen LogP contribution is 2.51. The second-order valence-corrected chi connectivity index (χ2v) is 12.9. The molecule has 0 bridgehead atoms. The summed E-state index contributed by atoms with van der Waals surface area (Å²) in [6, 6.07) is 12.4. The lowest BCUT2D eigenvalue weighted by Crippen LogP contribution is -2.55. The van der Waals surface area contributed by atoms with Crippen LogP contribution in [0.25, 0.3) is 22.5 Å². The number of rotatable bonds is 7. The standard InChI is InChI=1S/C27H33N7O5S/c1-38-22-16-40(23(13-35)27(37)25(22)34-12-20(30-32-34)18-7-9-28-10-8-18)24-15-39-14-21(26(24)36)33-11-19(29-31-33)17-5-3-2-4-6-17/h2-12,21-27,35-37,40H,13-16H2,1H3/t21-,22-,23+,24+,25+,26+,27-/m0/s1. The Morgan fingerprint density at radius 2 is 1.60 bits per heavy atom. The number of methoxy groups -OCH3 is 1. The molecule has 4 aromatic rings. The quantitative estimate of drug-likeness (QED) is 0.237. The third kappa shape index (κ3) is 5.04. The number of nitrogens with zero attached hydrogens (tertiary/aromatic N) is 7. The van der Waals surface area contributed by atoms with Crippen LogP contribution in [0.1, 0.15) is 12.1 Å². The molecule has 0 saturated carbocycles. The molecule has 0 aliphatic carbocycles. The smallest absolute Gasteiger partial charge is 0.113 e. The van der Waals surface area contributed by atoms with Crippen molar-refractivity contribution in [2.75, 3.05) is 32.7 Å². The molecular weight excluding hydrogens is 534 g/mol. The van der Waals surface area contributed by atoms with Crippen molar-refractivity contribution in [1.29, 1.82) is 0 Å². The van der Waals surface area contributed by atoms with Gasteiger partial charge in [0.2, 0.25) is 0 Å². The largest absolute Gasteiger partial charge is 0.395 e. The van der Waals surface area contributed by atoms with Gasteiger partial charge in [0.25, 0.3) is 0 Å². The Morgan fingerprint density at radius 1 is 0.925 bits per heavy atom. The summed E-state index contributed by atoms with van der Waals surface area (Å²) in [5, 5.41) is 50.1.